The van der Waals surface area contributed by atoms with E-state index in [1.165, 1.54) is 24.3 Å². The second kappa shape index (κ2) is 11.0. The third-order valence-corrected chi connectivity index (χ3v) is 5.26. The molecule has 0 saturated heterocycles. The molecule has 164 valence electrons. The van der Waals surface area contributed by atoms with E-state index in [-0.39, 0.29) is 6.04 Å². The molecule has 0 atom stereocenters. The molecule has 1 aliphatic rings. The van der Waals surface area contributed by atoms with Gasteiger partial charge in [-0.1, -0.05) is 63.0 Å². The molecule has 6 heteroatoms. The van der Waals surface area contributed by atoms with Crippen molar-refractivity contribution >= 4 is 17.8 Å². The average molecular weight is 414 g/mol. The Hall–Kier alpha value is -2.52. The molecule has 3 amide bonds. The number of benzene rings is 1. The van der Waals surface area contributed by atoms with Crippen molar-refractivity contribution in [3.8, 4) is 12.3 Å². The summed E-state index contributed by atoms with van der Waals surface area (Å²) in [5.41, 5.74) is -0.0399. The van der Waals surface area contributed by atoms with Gasteiger partial charge in [0.15, 0.2) is 0 Å². The first-order chi connectivity index (χ1) is 14.2. The van der Waals surface area contributed by atoms with Crippen molar-refractivity contribution < 1.29 is 14.3 Å². The molecule has 1 fully saturated rings. The fraction of sp³-hybridized carbons (Fsp3) is 0.583. The van der Waals surface area contributed by atoms with Gasteiger partial charge in [0.1, 0.15) is 5.60 Å². The van der Waals surface area contributed by atoms with Crippen LogP contribution in [0, 0.1) is 12.3 Å². The van der Waals surface area contributed by atoms with Crippen LogP contribution >= 0.6 is 0 Å². The Morgan fingerprint density at radius 3 is 2.10 bits per heavy atom. The Morgan fingerprint density at radius 1 is 1.03 bits per heavy atom. The molecule has 1 aromatic carbocycles. The highest BCUT2D eigenvalue weighted by Gasteiger charge is 2.34. The first-order valence-corrected chi connectivity index (χ1v) is 10.9. The van der Waals surface area contributed by atoms with Gasteiger partial charge in [0.2, 0.25) is 0 Å². The van der Waals surface area contributed by atoms with E-state index in [9.17, 15) is 9.59 Å². The number of nitrogens with two attached hydrogens (primary N) is 1. The highest BCUT2D eigenvalue weighted by atomic mass is 16.6. The minimum Gasteiger partial charge on any atom is -0.443 e. The zero-order chi connectivity index (χ0) is 22.1. The molecule has 2 rings (SSSR count). The summed E-state index contributed by atoms with van der Waals surface area (Å²) >= 11 is 0. The summed E-state index contributed by atoms with van der Waals surface area (Å²) in [6, 6.07) is 6.07. The number of terminal acetylenes is 1. The maximum atomic E-state index is 13.4. The van der Waals surface area contributed by atoms with Crippen LogP contribution in [0.4, 0.5) is 15.3 Å². The lowest BCUT2D eigenvalue weighted by Gasteiger charge is -2.33. The van der Waals surface area contributed by atoms with Gasteiger partial charge in [0.25, 0.3) is 0 Å². The first kappa shape index (κ1) is 23.8. The number of ether oxygens (including phenoxy) is 1. The van der Waals surface area contributed by atoms with Crippen molar-refractivity contribution in [2.24, 2.45) is 5.84 Å². The van der Waals surface area contributed by atoms with Crippen LogP contribution in [-0.2, 0) is 4.74 Å². The number of carbonyl (C=O) groups is 2. The quantitative estimate of drug-likeness (QED) is 0.296. The van der Waals surface area contributed by atoms with Crippen molar-refractivity contribution in [2.75, 3.05) is 4.90 Å². The van der Waals surface area contributed by atoms with Crippen LogP contribution in [0.5, 0.6) is 0 Å². The number of amides is 3. The molecule has 0 aliphatic heterocycles. The zero-order valence-electron chi connectivity index (χ0n) is 18.5. The topological polar surface area (TPSA) is 75.9 Å². The van der Waals surface area contributed by atoms with Gasteiger partial charge < -0.3 is 4.74 Å². The molecule has 0 aromatic heterocycles. The molecule has 6 nitrogen and oxygen atoms in total. The Balaban J connectivity index is 2.32. The zero-order valence-corrected chi connectivity index (χ0v) is 18.5. The van der Waals surface area contributed by atoms with Gasteiger partial charge in [0.05, 0.1) is 5.69 Å². The highest BCUT2D eigenvalue weighted by molar-refractivity contribution is 6.12. The van der Waals surface area contributed by atoms with E-state index < -0.39 is 17.7 Å². The number of hydrogen-bond donors (Lipinski definition) is 1. The van der Waals surface area contributed by atoms with Gasteiger partial charge in [-0.15, -0.1) is 6.42 Å². The predicted molar refractivity (Wildman–Crippen MR) is 120 cm³/mol. The number of para-hydroxylation sites is 1. The predicted octanol–water partition coefficient (Wildman–Crippen LogP) is 5.60. The normalized spacial score (nSPS) is 16.2. The minimum absolute atomic E-state index is 0.126. The number of imide groups is 1. The summed E-state index contributed by atoms with van der Waals surface area (Å²) < 4.78 is 5.51. The van der Waals surface area contributed by atoms with Crippen molar-refractivity contribution in [3.05, 3.63) is 29.8 Å². The van der Waals surface area contributed by atoms with Gasteiger partial charge in [-0.25, -0.2) is 15.4 Å². The van der Waals surface area contributed by atoms with Crippen molar-refractivity contribution in [1.82, 2.24) is 5.01 Å². The lowest BCUT2D eigenvalue weighted by Crippen LogP contribution is -2.55. The smallest absolute Gasteiger partial charge is 0.423 e. The molecular formula is C24H35N3O3. The average Bonchev–Trinajstić information content (AvgIpc) is 2.70. The Bertz CT molecular complexity index is 754. The number of rotatable bonds is 2. The molecule has 30 heavy (non-hydrogen) atoms. The van der Waals surface area contributed by atoms with E-state index in [0.29, 0.717) is 11.3 Å². The number of carbonyl (C=O) groups excluding carboxylic acids is 2. The Kier molecular flexibility index (Phi) is 8.73. The molecule has 0 radical (unpaired) electrons. The van der Waals surface area contributed by atoms with Crippen LogP contribution in [-0.4, -0.2) is 28.8 Å². The van der Waals surface area contributed by atoms with E-state index in [0.717, 1.165) is 43.4 Å². The lowest BCUT2D eigenvalue weighted by molar-refractivity contribution is 0.0578. The largest absolute Gasteiger partial charge is 0.443 e. The summed E-state index contributed by atoms with van der Waals surface area (Å²) in [4.78, 5) is 27.4. The van der Waals surface area contributed by atoms with E-state index in [1.807, 2.05) is 0 Å². The molecule has 0 bridgehead atoms. The van der Waals surface area contributed by atoms with Crippen LogP contribution in [0.3, 0.4) is 0 Å². The second-order valence-electron chi connectivity index (χ2n) is 8.87. The van der Waals surface area contributed by atoms with Crippen LogP contribution in [0.25, 0.3) is 0 Å². The van der Waals surface area contributed by atoms with Gasteiger partial charge in [-0.05, 0) is 45.7 Å². The Morgan fingerprint density at radius 2 is 1.57 bits per heavy atom. The summed E-state index contributed by atoms with van der Waals surface area (Å²) in [5.74, 6) is 8.86. The van der Waals surface area contributed by atoms with E-state index in [1.54, 1.807) is 45.0 Å². The van der Waals surface area contributed by atoms with E-state index in [2.05, 4.69) is 5.92 Å². The molecule has 1 aliphatic carbocycles. The number of urea groups is 1. The van der Waals surface area contributed by atoms with Crippen LogP contribution < -0.4 is 10.7 Å². The van der Waals surface area contributed by atoms with Crippen LogP contribution in [0.2, 0.25) is 0 Å². The maximum Gasteiger partial charge on any atom is 0.423 e. The minimum atomic E-state index is -0.787. The summed E-state index contributed by atoms with van der Waals surface area (Å²) in [6.07, 6.45) is 14.5. The number of nitrogens with zero attached hydrogens (tertiary/aromatic N) is 2. The van der Waals surface area contributed by atoms with Crippen molar-refractivity contribution in [2.45, 2.75) is 90.2 Å². The number of anilines is 1. The standard InChI is InChI=1S/C24H35N3O3/c1-5-19-15-13-14-18-21(19)26(23(29)30-24(2,3)4)22(28)27(25)20-16-11-9-7-6-8-10-12-17-20/h1,13-15,18,20H,6-12,16-17,25H2,2-4H3. The molecule has 0 heterocycles. The maximum absolute atomic E-state index is 13.4. The monoisotopic (exact) mass is 413 g/mol. The molecule has 1 saturated carbocycles. The van der Waals surface area contributed by atoms with E-state index in [4.69, 9.17) is 17.0 Å². The summed E-state index contributed by atoms with van der Waals surface area (Å²) in [7, 11) is 0. The van der Waals surface area contributed by atoms with Gasteiger partial charge >= 0.3 is 12.1 Å². The lowest BCUT2D eigenvalue weighted by atomic mass is 9.97. The van der Waals surface area contributed by atoms with E-state index >= 15 is 0 Å². The SMILES string of the molecule is C#Cc1ccccc1N(C(=O)OC(C)(C)C)C(=O)N(N)C1CCCCCCCCC1. The van der Waals surface area contributed by atoms with Crippen molar-refractivity contribution in [1.29, 1.82) is 0 Å². The van der Waals surface area contributed by atoms with Crippen LogP contribution in [0.1, 0.15) is 84.1 Å². The summed E-state index contributed by atoms with van der Waals surface area (Å²) in [5, 5.41) is 1.21. The molecule has 2 N–H and O–H groups in total. The molecule has 1 aromatic rings. The molecular weight excluding hydrogens is 378 g/mol. The van der Waals surface area contributed by atoms with Gasteiger partial charge in [0, 0.05) is 11.6 Å². The first-order valence-electron chi connectivity index (χ1n) is 10.9. The fourth-order valence-electron chi connectivity index (χ4n) is 3.72. The van der Waals surface area contributed by atoms with Gasteiger partial charge in [-0.2, -0.15) is 4.90 Å². The fourth-order valence-corrected chi connectivity index (χ4v) is 3.72. The van der Waals surface area contributed by atoms with Crippen LogP contribution in [0.15, 0.2) is 24.3 Å². The third kappa shape index (κ3) is 6.77. The third-order valence-electron chi connectivity index (χ3n) is 5.26. The Labute approximate surface area is 180 Å². The number of hydrogen-bond acceptors (Lipinski definition) is 4. The molecule has 0 unspecified atom stereocenters. The number of hydrazine groups is 1. The highest BCUT2D eigenvalue weighted by Crippen LogP contribution is 2.26. The second-order valence-corrected chi connectivity index (χ2v) is 8.87. The molecule has 0 spiro atoms. The van der Waals surface area contributed by atoms with Gasteiger partial charge in [-0.3, -0.25) is 5.01 Å². The van der Waals surface area contributed by atoms with Crippen molar-refractivity contribution in [3.63, 3.8) is 0 Å². The summed E-state index contributed by atoms with van der Waals surface area (Å²) in [6.45, 7) is 5.26.